The van der Waals surface area contributed by atoms with E-state index < -0.39 is 0 Å². The Labute approximate surface area is 243 Å². The van der Waals surface area contributed by atoms with E-state index in [1.165, 1.54) is 11.1 Å². The predicted octanol–water partition coefficient (Wildman–Crippen LogP) is 9.90. The molecule has 38 heavy (non-hydrogen) atoms. The summed E-state index contributed by atoms with van der Waals surface area (Å²) >= 11 is 24.2. The van der Waals surface area contributed by atoms with E-state index >= 15 is 0 Å². The zero-order valence-electron chi connectivity index (χ0n) is 20.6. The van der Waals surface area contributed by atoms with Crippen molar-refractivity contribution in [3.63, 3.8) is 0 Å². The summed E-state index contributed by atoms with van der Waals surface area (Å²) in [6, 6.07) is 27.7. The molecular weight excluding hydrogens is 558 g/mol. The molecule has 0 bridgehead atoms. The summed E-state index contributed by atoms with van der Waals surface area (Å²) in [4.78, 5) is 0. The van der Waals surface area contributed by atoms with Crippen LogP contribution in [0.2, 0.25) is 20.1 Å². The zero-order chi connectivity index (χ0) is 26.8. The Kier molecular flexibility index (Phi) is 8.69. The first-order chi connectivity index (χ1) is 18.3. The molecule has 0 saturated carbocycles. The lowest BCUT2D eigenvalue weighted by Crippen LogP contribution is -2.15. The monoisotopic (exact) mass is 584 g/mol. The van der Waals surface area contributed by atoms with Gasteiger partial charge in [-0.25, -0.2) is 0 Å². The van der Waals surface area contributed by atoms with Crippen LogP contribution in [0.4, 0.5) is 0 Å². The molecule has 2 aliphatic rings. The van der Waals surface area contributed by atoms with Crippen molar-refractivity contribution in [2.45, 2.75) is 49.7 Å². The molecule has 196 valence electrons. The van der Waals surface area contributed by atoms with Crippen LogP contribution in [0, 0.1) is 0 Å². The Morgan fingerprint density at radius 1 is 0.447 bits per heavy atom. The van der Waals surface area contributed by atoms with Crippen LogP contribution < -0.4 is 0 Å². The van der Waals surface area contributed by atoms with E-state index in [1.807, 2.05) is 72.8 Å². The number of rotatable bonds is 2. The maximum absolute atomic E-state index is 10.1. The highest BCUT2D eigenvalue weighted by atomic mass is 35.5. The summed E-state index contributed by atoms with van der Waals surface area (Å²) in [5.41, 5.74) is 6.77. The number of fused-ring (bicyclic) bond motifs is 2. The molecular formula is C32H28Cl4O2. The number of hydrogen-bond acceptors (Lipinski definition) is 2. The summed E-state index contributed by atoms with van der Waals surface area (Å²) in [6.45, 7) is 0. The quantitative estimate of drug-likeness (QED) is 0.246. The fourth-order valence-corrected chi connectivity index (χ4v) is 6.30. The number of halogens is 4. The highest BCUT2D eigenvalue weighted by molar-refractivity contribution is 6.42. The van der Waals surface area contributed by atoms with E-state index in [4.69, 9.17) is 46.4 Å². The van der Waals surface area contributed by atoms with Gasteiger partial charge in [0.25, 0.3) is 0 Å². The molecule has 0 radical (unpaired) electrons. The number of aliphatic hydroxyl groups is 2. The van der Waals surface area contributed by atoms with Gasteiger partial charge in [0.15, 0.2) is 0 Å². The Hall–Kier alpha value is -2.04. The molecule has 4 aromatic rings. The van der Waals surface area contributed by atoms with Crippen molar-refractivity contribution < 1.29 is 10.2 Å². The number of aliphatic hydroxyl groups excluding tert-OH is 2. The van der Waals surface area contributed by atoms with Gasteiger partial charge in [-0.3, -0.25) is 0 Å². The number of hydrogen-bond donors (Lipinski definition) is 2. The van der Waals surface area contributed by atoms with Crippen LogP contribution in [-0.2, 0) is 0 Å². The van der Waals surface area contributed by atoms with Crippen LogP contribution in [0.15, 0.2) is 84.9 Å². The smallest absolute Gasteiger partial charge is 0.0793 e. The number of benzene rings is 4. The Morgan fingerprint density at radius 2 is 0.816 bits per heavy atom. The second-order valence-corrected chi connectivity index (χ2v) is 11.5. The lowest BCUT2D eigenvalue weighted by Gasteiger charge is -2.29. The average molecular weight is 586 g/mol. The fraction of sp³-hybridized carbons (Fsp3) is 0.250. The van der Waals surface area contributed by atoms with Gasteiger partial charge in [0, 0.05) is 11.8 Å². The first-order valence-corrected chi connectivity index (χ1v) is 14.3. The topological polar surface area (TPSA) is 40.5 Å². The van der Waals surface area contributed by atoms with Gasteiger partial charge in [-0.05, 0) is 83.3 Å². The molecule has 0 unspecified atom stereocenters. The minimum absolute atomic E-state index is 0.286. The van der Waals surface area contributed by atoms with Gasteiger partial charge in [-0.2, -0.15) is 0 Å². The van der Waals surface area contributed by atoms with Crippen LogP contribution >= 0.6 is 46.4 Å². The van der Waals surface area contributed by atoms with Crippen molar-refractivity contribution in [2.75, 3.05) is 0 Å². The lowest BCUT2D eigenvalue weighted by molar-refractivity contribution is 0.153. The van der Waals surface area contributed by atoms with E-state index in [1.54, 1.807) is 0 Å². The van der Waals surface area contributed by atoms with E-state index in [9.17, 15) is 10.2 Å². The first kappa shape index (κ1) is 27.5. The first-order valence-electron chi connectivity index (χ1n) is 12.8. The van der Waals surface area contributed by atoms with Crippen LogP contribution in [0.3, 0.4) is 0 Å². The Bertz CT molecular complexity index is 1330. The van der Waals surface area contributed by atoms with Crippen molar-refractivity contribution in [2.24, 2.45) is 0 Å². The highest BCUT2D eigenvalue weighted by Gasteiger charge is 2.28. The fourth-order valence-electron chi connectivity index (χ4n) is 5.69. The molecule has 2 N–H and O–H groups in total. The molecule has 4 atom stereocenters. The van der Waals surface area contributed by atoms with Crippen molar-refractivity contribution in [3.05, 3.63) is 138 Å². The van der Waals surface area contributed by atoms with Gasteiger partial charge in [0.2, 0.25) is 0 Å². The van der Waals surface area contributed by atoms with E-state index in [-0.39, 0.29) is 24.0 Å². The predicted molar refractivity (Wildman–Crippen MR) is 158 cm³/mol. The van der Waals surface area contributed by atoms with Crippen LogP contribution in [0.5, 0.6) is 0 Å². The summed E-state index contributed by atoms with van der Waals surface area (Å²) in [6.07, 6.45) is 2.71. The summed E-state index contributed by atoms with van der Waals surface area (Å²) in [5, 5.41) is 22.5. The minimum Gasteiger partial charge on any atom is -0.388 e. The lowest BCUT2D eigenvalue weighted by atomic mass is 9.78. The second-order valence-electron chi connectivity index (χ2n) is 9.90. The van der Waals surface area contributed by atoms with Gasteiger partial charge in [-0.15, -0.1) is 0 Å². The molecule has 0 heterocycles. The SMILES string of the molecule is O[C@@H]1CC[C@@H](c2ccc(Cl)c(Cl)c2)c2ccccc21.O[C@H]1CC[C@@H](c2ccc(Cl)c(Cl)c2)c2ccccc21. The van der Waals surface area contributed by atoms with E-state index in [2.05, 4.69) is 12.1 Å². The maximum atomic E-state index is 10.1. The normalized spacial score (nSPS) is 22.1. The van der Waals surface area contributed by atoms with Crippen molar-refractivity contribution in [1.82, 2.24) is 0 Å². The third kappa shape index (κ3) is 5.77. The van der Waals surface area contributed by atoms with E-state index in [0.29, 0.717) is 20.1 Å². The maximum Gasteiger partial charge on any atom is 0.0793 e. The minimum atomic E-state index is -0.352. The van der Waals surface area contributed by atoms with Gasteiger partial charge in [-0.1, -0.05) is 107 Å². The third-order valence-electron chi connectivity index (χ3n) is 7.61. The van der Waals surface area contributed by atoms with Crippen LogP contribution in [0.1, 0.15) is 83.1 Å². The largest absolute Gasteiger partial charge is 0.388 e. The highest BCUT2D eigenvalue weighted by Crippen LogP contribution is 2.43. The summed E-state index contributed by atoms with van der Waals surface area (Å²) < 4.78 is 0. The zero-order valence-corrected chi connectivity index (χ0v) is 23.7. The standard InChI is InChI=1S/2C16H14Cl2O/c2*17-14-7-5-10(9-15(14)18)11-6-8-16(19)13-4-2-1-3-12(11)13/h2*1-5,7,9,11,16,19H,6,8H2/t11-,16+;11-,16-/m00/s1. The van der Waals surface area contributed by atoms with Gasteiger partial charge in [0.05, 0.1) is 32.3 Å². The van der Waals surface area contributed by atoms with Gasteiger partial charge in [0.1, 0.15) is 0 Å². The Morgan fingerprint density at radius 3 is 1.18 bits per heavy atom. The summed E-state index contributed by atoms with van der Waals surface area (Å²) in [7, 11) is 0. The summed E-state index contributed by atoms with van der Waals surface area (Å²) in [5.74, 6) is 0.573. The molecule has 2 nitrogen and oxygen atoms in total. The van der Waals surface area contributed by atoms with Crippen molar-refractivity contribution in [3.8, 4) is 0 Å². The second kappa shape index (κ2) is 12.0. The van der Waals surface area contributed by atoms with Gasteiger partial charge < -0.3 is 10.2 Å². The molecule has 0 spiro atoms. The molecule has 2 aliphatic carbocycles. The van der Waals surface area contributed by atoms with Crippen LogP contribution in [-0.4, -0.2) is 10.2 Å². The molecule has 0 saturated heterocycles. The molecule has 6 heteroatoms. The van der Waals surface area contributed by atoms with Gasteiger partial charge >= 0.3 is 0 Å². The molecule has 0 fully saturated rings. The van der Waals surface area contributed by atoms with Crippen molar-refractivity contribution in [1.29, 1.82) is 0 Å². The van der Waals surface area contributed by atoms with Crippen molar-refractivity contribution >= 4 is 46.4 Å². The molecule has 4 aromatic carbocycles. The molecule has 0 aromatic heterocycles. The molecule has 0 aliphatic heterocycles. The average Bonchev–Trinajstić information content (AvgIpc) is 2.93. The molecule has 6 rings (SSSR count). The Balaban J connectivity index is 0.000000155. The van der Waals surface area contributed by atoms with Crippen LogP contribution in [0.25, 0.3) is 0 Å². The molecule has 0 amide bonds. The van der Waals surface area contributed by atoms with E-state index in [0.717, 1.165) is 47.9 Å². The third-order valence-corrected chi connectivity index (χ3v) is 9.09.